The number of aryl methyl sites for hydroxylation is 1. The van der Waals surface area contributed by atoms with Crippen LogP contribution < -0.4 is 4.74 Å². The van der Waals surface area contributed by atoms with E-state index in [1.807, 2.05) is 31.2 Å². The molecule has 0 atom stereocenters. The topological polar surface area (TPSA) is 49.8 Å². The molecule has 8 heteroatoms. The number of thiophene rings is 1. The second kappa shape index (κ2) is 9.66. The Hall–Kier alpha value is -2.84. The smallest absolute Gasteiger partial charge is 0.416 e. The third kappa shape index (κ3) is 5.87. The van der Waals surface area contributed by atoms with Crippen molar-refractivity contribution in [2.24, 2.45) is 0 Å². The van der Waals surface area contributed by atoms with Crippen LogP contribution in [0.25, 0.3) is 10.4 Å². The fraction of sp³-hybridized carbons (Fsp3) is 0.370. The first-order chi connectivity index (χ1) is 16.4. The van der Waals surface area contributed by atoms with Gasteiger partial charge < -0.3 is 9.84 Å². The van der Waals surface area contributed by atoms with Gasteiger partial charge in [0.15, 0.2) is 5.60 Å². The summed E-state index contributed by atoms with van der Waals surface area (Å²) in [6.45, 7) is 7.63. The van der Waals surface area contributed by atoms with Gasteiger partial charge in [0, 0.05) is 29.4 Å². The summed E-state index contributed by atoms with van der Waals surface area (Å²) in [6, 6.07) is 13.2. The lowest BCUT2D eigenvalue weighted by atomic mass is 10.0. The first-order valence-corrected chi connectivity index (χ1v) is 12.3. The molecule has 1 aliphatic heterocycles. The zero-order valence-electron chi connectivity index (χ0n) is 19.9. The zero-order valence-corrected chi connectivity index (χ0v) is 20.7. The van der Waals surface area contributed by atoms with Crippen LogP contribution in [0.15, 0.2) is 48.5 Å². The highest BCUT2D eigenvalue weighted by Gasteiger charge is 2.31. The monoisotopic (exact) mass is 503 g/mol. The van der Waals surface area contributed by atoms with Crippen LogP contribution in [0.5, 0.6) is 5.75 Å². The maximum Gasteiger partial charge on any atom is 0.416 e. The summed E-state index contributed by atoms with van der Waals surface area (Å²) in [6.07, 6.45) is -2.62. The number of alkyl halides is 3. The van der Waals surface area contributed by atoms with Crippen molar-refractivity contribution in [1.29, 1.82) is 0 Å². The minimum absolute atomic E-state index is 0.555. The number of carboxylic acid groups (broad SMARTS) is 1. The number of fused-ring (bicyclic) bond motifs is 1. The van der Waals surface area contributed by atoms with E-state index in [1.165, 1.54) is 42.0 Å². The van der Waals surface area contributed by atoms with Crippen molar-refractivity contribution < 1.29 is 27.8 Å². The van der Waals surface area contributed by atoms with E-state index in [2.05, 4.69) is 4.90 Å². The molecule has 0 radical (unpaired) electrons. The molecule has 1 N–H and O–H groups in total. The molecule has 4 nitrogen and oxygen atoms in total. The molecule has 0 unspecified atom stereocenters. The summed E-state index contributed by atoms with van der Waals surface area (Å²) >= 11 is 1.62. The molecule has 186 valence electrons. The molecule has 1 aliphatic rings. The molecule has 2 heterocycles. The Bertz CT molecular complexity index is 1220. The summed E-state index contributed by atoms with van der Waals surface area (Å²) < 4.78 is 44.3. The van der Waals surface area contributed by atoms with Gasteiger partial charge in [-0.15, -0.1) is 11.3 Å². The van der Waals surface area contributed by atoms with E-state index in [0.29, 0.717) is 5.75 Å². The molecule has 0 bridgehead atoms. The van der Waals surface area contributed by atoms with E-state index in [9.17, 15) is 23.1 Å². The maximum absolute atomic E-state index is 12.9. The number of hydrogen-bond donors (Lipinski definition) is 1. The zero-order chi connectivity index (χ0) is 25.4. The van der Waals surface area contributed by atoms with E-state index < -0.39 is 23.3 Å². The fourth-order valence-electron chi connectivity index (χ4n) is 4.15. The molecule has 35 heavy (non-hydrogen) atoms. The molecule has 3 aromatic rings. The predicted octanol–water partition coefficient (Wildman–Crippen LogP) is 6.59. The lowest BCUT2D eigenvalue weighted by molar-refractivity contribution is -0.152. The number of carbonyl (C=O) groups is 1. The van der Waals surface area contributed by atoms with Gasteiger partial charge in [-0.3, -0.25) is 4.90 Å². The minimum Gasteiger partial charge on any atom is -0.478 e. The highest BCUT2D eigenvalue weighted by molar-refractivity contribution is 7.15. The van der Waals surface area contributed by atoms with E-state index in [1.54, 1.807) is 11.3 Å². The average molecular weight is 504 g/mol. The van der Waals surface area contributed by atoms with Gasteiger partial charge in [0.2, 0.25) is 0 Å². The van der Waals surface area contributed by atoms with Crippen molar-refractivity contribution in [3.8, 4) is 16.2 Å². The fourth-order valence-corrected chi connectivity index (χ4v) is 5.38. The molecule has 0 aliphatic carbocycles. The van der Waals surface area contributed by atoms with E-state index in [0.717, 1.165) is 60.6 Å². The number of nitrogens with zero attached hydrogens (tertiary/aromatic N) is 1. The predicted molar refractivity (Wildman–Crippen MR) is 131 cm³/mol. The van der Waals surface area contributed by atoms with Gasteiger partial charge in [-0.05, 0) is 86.2 Å². The van der Waals surface area contributed by atoms with Crippen molar-refractivity contribution >= 4 is 17.3 Å². The van der Waals surface area contributed by atoms with Crippen LogP contribution in [0.2, 0.25) is 0 Å². The summed E-state index contributed by atoms with van der Waals surface area (Å²) in [5.74, 6) is -0.458. The molecule has 1 aromatic heterocycles. The Morgan fingerprint density at radius 2 is 1.69 bits per heavy atom. The number of halogens is 3. The van der Waals surface area contributed by atoms with Crippen molar-refractivity contribution in [2.45, 2.75) is 51.9 Å². The van der Waals surface area contributed by atoms with Crippen LogP contribution in [-0.2, 0) is 30.4 Å². The van der Waals surface area contributed by atoms with Crippen LogP contribution in [0.1, 0.15) is 41.0 Å². The van der Waals surface area contributed by atoms with Gasteiger partial charge in [0.1, 0.15) is 5.75 Å². The van der Waals surface area contributed by atoms with Crippen molar-refractivity contribution in [3.05, 3.63) is 75.7 Å². The standard InChI is InChI=1S/C27H28F3NO3S/c1-17-14-23(19-4-7-21(8-5-19)27(28,29)30)35-24(17)16-31-12-10-18-6-9-22(15-20(18)11-13-31)34-26(2,3)25(32)33/h4-9,14-15H,10-13,16H2,1-3H3,(H,32,33). The Labute approximate surface area is 207 Å². The van der Waals surface area contributed by atoms with Crippen molar-refractivity contribution in [3.63, 3.8) is 0 Å². The van der Waals surface area contributed by atoms with E-state index >= 15 is 0 Å². The summed E-state index contributed by atoms with van der Waals surface area (Å²) in [7, 11) is 0. The number of rotatable bonds is 6. The second-order valence-electron chi connectivity index (χ2n) is 9.42. The molecule has 0 saturated heterocycles. The Balaban J connectivity index is 1.43. The molecule has 0 fully saturated rings. The van der Waals surface area contributed by atoms with Crippen LogP contribution in [0, 0.1) is 6.92 Å². The Kier molecular flexibility index (Phi) is 6.97. The number of ether oxygens (including phenoxy) is 1. The third-order valence-electron chi connectivity index (χ3n) is 6.35. The average Bonchev–Trinajstić information content (AvgIpc) is 3.03. The number of benzene rings is 2. The van der Waals surface area contributed by atoms with Gasteiger partial charge in [0.05, 0.1) is 5.56 Å². The maximum atomic E-state index is 12.9. The first kappa shape index (κ1) is 25.3. The molecular formula is C27H28F3NO3S. The van der Waals surface area contributed by atoms with Gasteiger partial charge in [-0.25, -0.2) is 4.79 Å². The lowest BCUT2D eigenvalue weighted by Crippen LogP contribution is -2.37. The molecule has 0 spiro atoms. The molecule has 2 aromatic carbocycles. The van der Waals surface area contributed by atoms with Crippen molar-refractivity contribution in [1.82, 2.24) is 4.90 Å². The molecule has 0 amide bonds. The number of aliphatic carboxylic acids is 1. The lowest BCUT2D eigenvalue weighted by Gasteiger charge is -2.22. The SMILES string of the molecule is Cc1cc(-c2ccc(C(F)(F)F)cc2)sc1CN1CCc2ccc(OC(C)(C)C(=O)O)cc2CC1. The van der Waals surface area contributed by atoms with Crippen LogP contribution in [-0.4, -0.2) is 34.7 Å². The van der Waals surface area contributed by atoms with E-state index in [-0.39, 0.29) is 0 Å². The summed E-state index contributed by atoms with van der Waals surface area (Å²) in [5.41, 5.74) is 2.39. The van der Waals surface area contributed by atoms with Gasteiger partial charge >= 0.3 is 12.1 Å². The normalized spacial score (nSPS) is 14.9. The molecule has 4 rings (SSSR count). The van der Waals surface area contributed by atoms with Crippen LogP contribution in [0.4, 0.5) is 13.2 Å². The minimum atomic E-state index is -4.33. The van der Waals surface area contributed by atoms with Gasteiger partial charge in [-0.2, -0.15) is 13.2 Å². The quantitative estimate of drug-likeness (QED) is 0.413. The summed E-state index contributed by atoms with van der Waals surface area (Å²) in [5, 5.41) is 9.33. The summed E-state index contributed by atoms with van der Waals surface area (Å²) in [4.78, 5) is 15.9. The van der Waals surface area contributed by atoms with E-state index in [4.69, 9.17) is 4.74 Å². The van der Waals surface area contributed by atoms with Gasteiger partial charge in [0.25, 0.3) is 0 Å². The highest BCUT2D eigenvalue weighted by atomic mass is 32.1. The Morgan fingerprint density at radius 3 is 2.31 bits per heavy atom. The second-order valence-corrected chi connectivity index (χ2v) is 10.6. The number of hydrogen-bond acceptors (Lipinski definition) is 4. The van der Waals surface area contributed by atoms with Crippen LogP contribution >= 0.6 is 11.3 Å². The molecular weight excluding hydrogens is 475 g/mol. The first-order valence-electron chi connectivity index (χ1n) is 11.5. The largest absolute Gasteiger partial charge is 0.478 e. The highest BCUT2D eigenvalue weighted by Crippen LogP contribution is 2.35. The third-order valence-corrected chi connectivity index (χ3v) is 7.62. The van der Waals surface area contributed by atoms with Crippen molar-refractivity contribution in [2.75, 3.05) is 13.1 Å². The number of carboxylic acids is 1. The van der Waals surface area contributed by atoms with Gasteiger partial charge in [-0.1, -0.05) is 18.2 Å². The Morgan fingerprint density at radius 1 is 1.03 bits per heavy atom. The molecule has 0 saturated carbocycles. The van der Waals surface area contributed by atoms with Crippen LogP contribution in [0.3, 0.4) is 0 Å².